The van der Waals surface area contributed by atoms with Crippen LogP contribution in [0.5, 0.6) is 17.2 Å². The van der Waals surface area contributed by atoms with Gasteiger partial charge in [0.05, 0.1) is 12.2 Å². The van der Waals surface area contributed by atoms with Crippen LogP contribution in [-0.4, -0.2) is 18.5 Å². The van der Waals surface area contributed by atoms with E-state index >= 15 is 0 Å². The Morgan fingerprint density at radius 2 is 1.91 bits per heavy atom. The van der Waals surface area contributed by atoms with Gasteiger partial charge in [0, 0.05) is 28.3 Å². The molecule has 0 N–H and O–H groups in total. The Labute approximate surface area is 194 Å². The van der Waals surface area contributed by atoms with E-state index in [0.29, 0.717) is 34.3 Å². The Kier molecular flexibility index (Phi) is 5.69. The number of esters is 1. The average Bonchev–Trinajstić information content (AvgIpc) is 3.12. The minimum atomic E-state index is -0.538. The summed E-state index contributed by atoms with van der Waals surface area (Å²) < 4.78 is 22.0. The SMILES string of the molecule is O=C(/C=C/c1ccccc1)Oc1ccc2c(c1)O/C(=C\c1cc(Cl)cc3c1OCOC3)C2=O. The highest BCUT2D eigenvalue weighted by atomic mass is 35.5. The third kappa shape index (κ3) is 4.53. The van der Waals surface area contributed by atoms with Crippen LogP contribution in [0.2, 0.25) is 5.02 Å². The summed E-state index contributed by atoms with van der Waals surface area (Å²) in [6.45, 7) is 0.488. The van der Waals surface area contributed by atoms with Gasteiger partial charge in [0.2, 0.25) is 5.78 Å². The van der Waals surface area contributed by atoms with Gasteiger partial charge in [0.1, 0.15) is 17.2 Å². The zero-order valence-corrected chi connectivity index (χ0v) is 18.0. The zero-order chi connectivity index (χ0) is 22.8. The van der Waals surface area contributed by atoms with E-state index in [1.54, 1.807) is 36.4 Å². The Morgan fingerprint density at radius 1 is 1.06 bits per heavy atom. The summed E-state index contributed by atoms with van der Waals surface area (Å²) in [7, 11) is 0. The van der Waals surface area contributed by atoms with Crippen molar-refractivity contribution in [3.63, 3.8) is 0 Å². The molecule has 0 amide bonds. The van der Waals surface area contributed by atoms with Gasteiger partial charge in [-0.15, -0.1) is 0 Å². The van der Waals surface area contributed by atoms with Gasteiger partial charge in [0.25, 0.3) is 0 Å². The Balaban J connectivity index is 1.35. The maximum atomic E-state index is 12.8. The highest BCUT2D eigenvalue weighted by molar-refractivity contribution is 6.31. The van der Waals surface area contributed by atoms with Gasteiger partial charge < -0.3 is 18.9 Å². The molecule has 2 aliphatic rings. The Bertz CT molecular complexity index is 1310. The number of benzene rings is 3. The van der Waals surface area contributed by atoms with Crippen molar-refractivity contribution in [2.24, 2.45) is 0 Å². The molecule has 164 valence electrons. The molecule has 0 bridgehead atoms. The van der Waals surface area contributed by atoms with Crippen molar-refractivity contribution in [2.45, 2.75) is 6.61 Å². The van der Waals surface area contributed by atoms with Crippen LogP contribution in [0.25, 0.3) is 12.2 Å². The Hall–Kier alpha value is -3.87. The summed E-state index contributed by atoms with van der Waals surface area (Å²) in [5, 5.41) is 0.496. The van der Waals surface area contributed by atoms with E-state index in [0.717, 1.165) is 11.1 Å². The first-order valence-electron chi connectivity index (χ1n) is 10.1. The minimum absolute atomic E-state index is 0.118. The number of ether oxygens (including phenoxy) is 4. The third-order valence-corrected chi connectivity index (χ3v) is 5.28. The maximum Gasteiger partial charge on any atom is 0.336 e. The molecule has 5 rings (SSSR count). The number of hydrogen-bond donors (Lipinski definition) is 0. The van der Waals surface area contributed by atoms with Crippen LogP contribution in [0.4, 0.5) is 0 Å². The summed E-state index contributed by atoms with van der Waals surface area (Å²) in [6, 6.07) is 17.5. The predicted molar refractivity (Wildman–Crippen MR) is 122 cm³/mol. The van der Waals surface area contributed by atoms with Gasteiger partial charge in [-0.25, -0.2) is 4.79 Å². The number of halogens is 1. The second kappa shape index (κ2) is 8.94. The first kappa shape index (κ1) is 21.0. The molecule has 33 heavy (non-hydrogen) atoms. The lowest BCUT2D eigenvalue weighted by molar-refractivity contribution is -0.128. The van der Waals surface area contributed by atoms with E-state index < -0.39 is 5.97 Å². The second-order valence-corrected chi connectivity index (χ2v) is 7.79. The average molecular weight is 461 g/mol. The van der Waals surface area contributed by atoms with Crippen molar-refractivity contribution in [3.8, 4) is 17.2 Å². The van der Waals surface area contributed by atoms with E-state index in [9.17, 15) is 9.59 Å². The molecule has 0 saturated heterocycles. The quantitative estimate of drug-likeness (QED) is 0.293. The van der Waals surface area contributed by atoms with Crippen molar-refractivity contribution in [1.29, 1.82) is 0 Å². The normalized spacial score (nSPS) is 15.7. The van der Waals surface area contributed by atoms with Crippen molar-refractivity contribution in [1.82, 2.24) is 0 Å². The largest absolute Gasteiger partial charge is 0.467 e. The summed E-state index contributed by atoms with van der Waals surface area (Å²) in [6.07, 6.45) is 4.59. The lowest BCUT2D eigenvalue weighted by atomic mass is 10.1. The van der Waals surface area contributed by atoms with Crippen molar-refractivity contribution < 1.29 is 28.5 Å². The number of ketones is 1. The van der Waals surface area contributed by atoms with E-state index in [1.165, 1.54) is 12.1 Å². The number of Topliss-reactive ketones (excluding diaryl/α,β-unsaturated/α-hetero) is 1. The molecule has 0 fully saturated rings. The molecule has 2 heterocycles. The van der Waals surface area contributed by atoms with Gasteiger partial charge in [-0.2, -0.15) is 0 Å². The van der Waals surface area contributed by atoms with Crippen LogP contribution >= 0.6 is 11.6 Å². The van der Waals surface area contributed by atoms with Crippen molar-refractivity contribution in [2.75, 3.05) is 6.79 Å². The van der Waals surface area contributed by atoms with Gasteiger partial charge in [0.15, 0.2) is 12.6 Å². The number of carbonyl (C=O) groups is 2. The standard InChI is InChI=1S/C26H17ClO6/c27-19-10-17(26-18(11-19)14-30-15-31-26)12-23-25(29)21-8-7-20(13-22(21)33-23)32-24(28)9-6-16-4-2-1-3-5-16/h1-13H,14-15H2/b9-6+,23-12-. The van der Waals surface area contributed by atoms with E-state index in [-0.39, 0.29) is 24.1 Å². The summed E-state index contributed by atoms with van der Waals surface area (Å²) in [5.74, 6) is 0.480. The molecule has 0 saturated carbocycles. The smallest absolute Gasteiger partial charge is 0.336 e. The number of allylic oxidation sites excluding steroid dienone is 1. The first-order chi connectivity index (χ1) is 16.1. The van der Waals surface area contributed by atoms with Gasteiger partial charge >= 0.3 is 5.97 Å². The second-order valence-electron chi connectivity index (χ2n) is 7.36. The molecule has 0 spiro atoms. The fourth-order valence-electron chi connectivity index (χ4n) is 3.57. The highest BCUT2D eigenvalue weighted by Crippen LogP contribution is 2.38. The predicted octanol–water partition coefficient (Wildman–Crippen LogP) is 5.44. The Morgan fingerprint density at radius 3 is 2.76 bits per heavy atom. The first-order valence-corrected chi connectivity index (χ1v) is 10.5. The fraction of sp³-hybridized carbons (Fsp3) is 0.0769. The van der Waals surface area contributed by atoms with Crippen LogP contribution in [0, 0.1) is 0 Å². The zero-order valence-electron chi connectivity index (χ0n) is 17.2. The molecule has 0 unspecified atom stereocenters. The molecule has 2 aliphatic heterocycles. The van der Waals surface area contributed by atoms with Crippen LogP contribution in [-0.2, 0) is 16.1 Å². The molecule has 0 aliphatic carbocycles. The third-order valence-electron chi connectivity index (χ3n) is 5.06. The fourth-order valence-corrected chi connectivity index (χ4v) is 3.82. The topological polar surface area (TPSA) is 71.1 Å². The lowest BCUT2D eigenvalue weighted by Gasteiger charge is -2.20. The van der Waals surface area contributed by atoms with Crippen LogP contribution < -0.4 is 14.2 Å². The van der Waals surface area contributed by atoms with Crippen LogP contribution in [0.3, 0.4) is 0 Å². The monoisotopic (exact) mass is 460 g/mol. The van der Waals surface area contributed by atoms with Crippen molar-refractivity contribution in [3.05, 3.63) is 99.8 Å². The molecule has 3 aromatic rings. The number of fused-ring (bicyclic) bond motifs is 2. The molecule has 0 aromatic heterocycles. The summed E-state index contributed by atoms with van der Waals surface area (Å²) in [5.41, 5.74) is 2.67. The number of hydrogen-bond acceptors (Lipinski definition) is 6. The van der Waals surface area contributed by atoms with E-state index in [4.69, 9.17) is 30.5 Å². The summed E-state index contributed by atoms with van der Waals surface area (Å²) >= 11 is 6.21. The van der Waals surface area contributed by atoms with Gasteiger partial charge in [-0.05, 0) is 42.0 Å². The summed E-state index contributed by atoms with van der Waals surface area (Å²) in [4.78, 5) is 25.0. The molecule has 6 nitrogen and oxygen atoms in total. The van der Waals surface area contributed by atoms with Gasteiger partial charge in [-0.3, -0.25) is 4.79 Å². The minimum Gasteiger partial charge on any atom is -0.467 e. The van der Waals surface area contributed by atoms with Crippen LogP contribution in [0.15, 0.2) is 72.5 Å². The molecule has 0 radical (unpaired) electrons. The molecular formula is C26H17ClO6. The number of carbonyl (C=O) groups excluding carboxylic acids is 2. The van der Waals surface area contributed by atoms with E-state index in [2.05, 4.69) is 0 Å². The maximum absolute atomic E-state index is 12.8. The molecule has 3 aromatic carbocycles. The molecular weight excluding hydrogens is 444 g/mol. The highest BCUT2D eigenvalue weighted by Gasteiger charge is 2.29. The van der Waals surface area contributed by atoms with E-state index in [1.807, 2.05) is 30.3 Å². The lowest BCUT2D eigenvalue weighted by Crippen LogP contribution is -2.12. The molecule has 0 atom stereocenters. The number of rotatable bonds is 4. The molecule has 7 heteroatoms. The van der Waals surface area contributed by atoms with Crippen LogP contribution in [0.1, 0.15) is 27.0 Å². The van der Waals surface area contributed by atoms with Crippen molar-refractivity contribution >= 4 is 35.5 Å². The van der Waals surface area contributed by atoms with Gasteiger partial charge in [-0.1, -0.05) is 41.9 Å².